The fraction of sp³-hybridized carbons (Fsp3) is 0.500. The average molecular weight is 395 g/mol. The lowest BCUT2D eigenvalue weighted by Gasteiger charge is -2.38. The Kier molecular flexibility index (Phi) is 4.83. The third-order valence-electron chi connectivity index (χ3n) is 3.32. The van der Waals surface area contributed by atoms with Crippen molar-refractivity contribution in [1.29, 1.82) is 0 Å². The van der Waals surface area contributed by atoms with Crippen LogP contribution in [-0.4, -0.2) is 56.9 Å². The number of likely N-dealkylation sites (N-methyl/N-ethyl adjacent to an activating group) is 1. The molecule has 1 fully saturated rings. The summed E-state index contributed by atoms with van der Waals surface area (Å²) in [4.78, 5) is 2.45. The zero-order valence-electron chi connectivity index (χ0n) is 10.8. The van der Waals surface area contributed by atoms with Gasteiger partial charge < -0.3 is 10.6 Å². The van der Waals surface area contributed by atoms with E-state index in [0.29, 0.717) is 24.5 Å². The molecule has 1 aliphatic heterocycles. The van der Waals surface area contributed by atoms with Crippen molar-refractivity contribution in [1.82, 2.24) is 9.21 Å². The van der Waals surface area contributed by atoms with Crippen molar-refractivity contribution in [3.63, 3.8) is 0 Å². The molecule has 1 aromatic carbocycles. The molecule has 0 radical (unpaired) electrons. The number of rotatable bonds is 3. The SMILES string of the molecule is CN1CCN(S(=O)(=O)c2ccc(I)cc2)C(CN)C1. The van der Waals surface area contributed by atoms with Crippen LogP contribution in [0.25, 0.3) is 0 Å². The number of hydrogen-bond acceptors (Lipinski definition) is 4. The monoisotopic (exact) mass is 395 g/mol. The number of hydrogen-bond donors (Lipinski definition) is 1. The first kappa shape index (κ1) is 15.2. The van der Waals surface area contributed by atoms with Gasteiger partial charge in [-0.05, 0) is 53.9 Å². The molecule has 0 aromatic heterocycles. The van der Waals surface area contributed by atoms with E-state index < -0.39 is 10.0 Å². The van der Waals surface area contributed by atoms with Crippen LogP contribution in [0.1, 0.15) is 0 Å². The largest absolute Gasteiger partial charge is 0.329 e. The molecule has 1 saturated heterocycles. The standard InChI is InChI=1S/C12H18IN3O2S/c1-15-6-7-16(11(8-14)9-15)19(17,18)12-4-2-10(13)3-5-12/h2-5,11H,6-9,14H2,1H3. The smallest absolute Gasteiger partial charge is 0.243 e. The molecule has 106 valence electrons. The van der Waals surface area contributed by atoms with Crippen LogP contribution in [0.4, 0.5) is 0 Å². The van der Waals surface area contributed by atoms with Crippen LogP contribution in [0.2, 0.25) is 0 Å². The maximum atomic E-state index is 12.6. The molecule has 0 amide bonds. The van der Waals surface area contributed by atoms with Crippen LogP contribution >= 0.6 is 22.6 Å². The van der Waals surface area contributed by atoms with Crippen LogP contribution in [0, 0.1) is 3.57 Å². The van der Waals surface area contributed by atoms with E-state index in [-0.39, 0.29) is 6.04 Å². The molecule has 1 aromatic rings. The van der Waals surface area contributed by atoms with Crippen LogP contribution < -0.4 is 5.73 Å². The van der Waals surface area contributed by atoms with Crippen molar-refractivity contribution in [3.05, 3.63) is 27.8 Å². The summed E-state index contributed by atoms with van der Waals surface area (Å²) in [6.45, 7) is 2.25. The van der Waals surface area contributed by atoms with E-state index in [2.05, 4.69) is 27.5 Å². The molecule has 5 nitrogen and oxygen atoms in total. The third kappa shape index (κ3) is 3.27. The highest BCUT2D eigenvalue weighted by Crippen LogP contribution is 2.21. The lowest BCUT2D eigenvalue weighted by Crippen LogP contribution is -2.56. The van der Waals surface area contributed by atoms with E-state index in [9.17, 15) is 8.42 Å². The van der Waals surface area contributed by atoms with Crippen LogP contribution in [0.3, 0.4) is 0 Å². The maximum absolute atomic E-state index is 12.6. The maximum Gasteiger partial charge on any atom is 0.243 e. The van der Waals surface area contributed by atoms with Crippen LogP contribution in [-0.2, 0) is 10.0 Å². The molecule has 0 aliphatic carbocycles. The number of nitrogens with two attached hydrogens (primary N) is 1. The van der Waals surface area contributed by atoms with Gasteiger partial charge in [0.25, 0.3) is 0 Å². The lowest BCUT2D eigenvalue weighted by molar-refractivity contribution is 0.164. The highest BCUT2D eigenvalue weighted by molar-refractivity contribution is 14.1. The van der Waals surface area contributed by atoms with Crippen molar-refractivity contribution in [2.45, 2.75) is 10.9 Å². The molecule has 1 atom stereocenters. The Morgan fingerprint density at radius 2 is 1.95 bits per heavy atom. The topological polar surface area (TPSA) is 66.6 Å². The highest BCUT2D eigenvalue weighted by atomic mass is 127. The van der Waals surface area contributed by atoms with Crippen molar-refractivity contribution < 1.29 is 8.42 Å². The van der Waals surface area contributed by atoms with Gasteiger partial charge in [-0.3, -0.25) is 0 Å². The van der Waals surface area contributed by atoms with Gasteiger partial charge in [0.05, 0.1) is 10.9 Å². The molecule has 2 N–H and O–H groups in total. The molecular formula is C12H18IN3O2S. The number of benzene rings is 1. The number of nitrogens with zero attached hydrogens (tertiary/aromatic N) is 2. The van der Waals surface area contributed by atoms with E-state index >= 15 is 0 Å². The van der Waals surface area contributed by atoms with Gasteiger partial charge in [0.1, 0.15) is 0 Å². The molecule has 0 bridgehead atoms. The van der Waals surface area contributed by atoms with Crippen molar-refractivity contribution >= 4 is 32.6 Å². The first-order valence-electron chi connectivity index (χ1n) is 6.11. The minimum atomic E-state index is -3.44. The van der Waals surface area contributed by atoms with Gasteiger partial charge in [0.15, 0.2) is 0 Å². The molecule has 19 heavy (non-hydrogen) atoms. The summed E-state index contributed by atoms with van der Waals surface area (Å²) >= 11 is 2.16. The minimum absolute atomic E-state index is 0.150. The van der Waals surface area contributed by atoms with Crippen molar-refractivity contribution in [2.24, 2.45) is 5.73 Å². The summed E-state index contributed by atoms with van der Waals surface area (Å²) in [5.41, 5.74) is 5.72. The Hall–Kier alpha value is -0.220. The summed E-state index contributed by atoms with van der Waals surface area (Å²) in [5, 5.41) is 0. The van der Waals surface area contributed by atoms with Crippen LogP contribution in [0.15, 0.2) is 29.2 Å². The fourth-order valence-corrected chi connectivity index (χ4v) is 4.22. The minimum Gasteiger partial charge on any atom is -0.329 e. The number of piperazine rings is 1. The summed E-state index contributed by atoms with van der Waals surface area (Å²) in [6, 6.07) is 6.77. The van der Waals surface area contributed by atoms with Gasteiger partial charge in [-0.15, -0.1) is 0 Å². The Bertz CT molecular complexity index is 532. The van der Waals surface area contributed by atoms with Gasteiger partial charge in [-0.1, -0.05) is 0 Å². The normalized spacial score (nSPS) is 22.6. The molecule has 0 saturated carbocycles. The second kappa shape index (κ2) is 6.04. The first-order valence-corrected chi connectivity index (χ1v) is 8.63. The molecule has 0 spiro atoms. The number of halogens is 1. The summed E-state index contributed by atoms with van der Waals surface area (Å²) in [7, 11) is -1.46. The second-order valence-corrected chi connectivity index (χ2v) is 7.86. The average Bonchev–Trinajstić information content (AvgIpc) is 2.38. The predicted octanol–water partition coefficient (Wildman–Crippen LogP) is 0.555. The Balaban J connectivity index is 2.30. The molecule has 1 aliphatic rings. The van der Waals surface area contributed by atoms with E-state index in [1.165, 1.54) is 4.31 Å². The molecule has 1 unspecified atom stereocenters. The number of sulfonamides is 1. The first-order chi connectivity index (χ1) is 8.95. The molecule has 1 heterocycles. The zero-order chi connectivity index (χ0) is 14.0. The van der Waals surface area contributed by atoms with Crippen molar-refractivity contribution in [2.75, 3.05) is 33.2 Å². The summed E-state index contributed by atoms with van der Waals surface area (Å²) in [5.74, 6) is 0. The van der Waals surface area contributed by atoms with E-state index in [4.69, 9.17) is 5.73 Å². The molecule has 2 rings (SSSR count). The Morgan fingerprint density at radius 1 is 1.32 bits per heavy atom. The van der Waals surface area contributed by atoms with Crippen molar-refractivity contribution in [3.8, 4) is 0 Å². The van der Waals surface area contributed by atoms with Gasteiger partial charge in [0, 0.05) is 29.7 Å². The summed E-state index contributed by atoms with van der Waals surface area (Å²) in [6.07, 6.45) is 0. The fourth-order valence-electron chi connectivity index (χ4n) is 2.24. The van der Waals surface area contributed by atoms with Crippen LogP contribution in [0.5, 0.6) is 0 Å². The molecular weight excluding hydrogens is 377 g/mol. The highest BCUT2D eigenvalue weighted by Gasteiger charge is 2.34. The zero-order valence-corrected chi connectivity index (χ0v) is 13.8. The second-order valence-electron chi connectivity index (χ2n) is 4.72. The predicted molar refractivity (Wildman–Crippen MR) is 83.4 cm³/mol. The summed E-state index contributed by atoms with van der Waals surface area (Å²) < 4.78 is 27.8. The van der Waals surface area contributed by atoms with Gasteiger partial charge >= 0.3 is 0 Å². The third-order valence-corrected chi connectivity index (χ3v) is 6.01. The van der Waals surface area contributed by atoms with Gasteiger partial charge in [0.2, 0.25) is 10.0 Å². The van der Waals surface area contributed by atoms with E-state index in [1.807, 2.05) is 7.05 Å². The lowest BCUT2D eigenvalue weighted by atomic mass is 10.2. The van der Waals surface area contributed by atoms with E-state index in [0.717, 1.165) is 10.1 Å². The Morgan fingerprint density at radius 3 is 2.53 bits per heavy atom. The van der Waals surface area contributed by atoms with Gasteiger partial charge in [-0.25, -0.2) is 8.42 Å². The van der Waals surface area contributed by atoms with Gasteiger partial charge in [-0.2, -0.15) is 4.31 Å². The molecule has 7 heteroatoms. The Labute approximate surface area is 127 Å². The quantitative estimate of drug-likeness (QED) is 0.760. The van der Waals surface area contributed by atoms with E-state index in [1.54, 1.807) is 24.3 Å².